The fourth-order valence-electron chi connectivity index (χ4n) is 9.13. The number of rotatable bonds is 4. The average Bonchev–Trinajstić information content (AvgIpc) is 3.22. The predicted molar refractivity (Wildman–Crippen MR) is 116 cm³/mol. The van der Waals surface area contributed by atoms with Crippen molar-refractivity contribution in [2.45, 2.75) is 90.4 Å². The first-order valence-corrected chi connectivity index (χ1v) is 12.9. The Morgan fingerprint density at radius 1 is 1.03 bits per heavy atom. The molecule has 0 aromatic heterocycles. The average molecular weight is 439 g/mol. The zero-order valence-corrected chi connectivity index (χ0v) is 19.7. The van der Waals surface area contributed by atoms with Gasteiger partial charge in [0.1, 0.15) is 6.10 Å². The fraction of sp³-hybridized carbons (Fsp3) is 0.960. The summed E-state index contributed by atoms with van der Waals surface area (Å²) in [5, 5.41) is 0. The summed E-state index contributed by atoms with van der Waals surface area (Å²) in [6.07, 6.45) is 10.9. The van der Waals surface area contributed by atoms with Crippen molar-refractivity contribution in [1.29, 1.82) is 0 Å². The molecular formula is C25H39ClO4. The molecule has 2 unspecified atom stereocenters. The summed E-state index contributed by atoms with van der Waals surface area (Å²) in [6.45, 7) is 8.01. The Hall–Kier alpha value is -0.320. The van der Waals surface area contributed by atoms with Crippen LogP contribution in [-0.2, 0) is 19.0 Å². The minimum absolute atomic E-state index is 0.111. The van der Waals surface area contributed by atoms with Crippen LogP contribution in [0, 0.1) is 40.4 Å². The van der Waals surface area contributed by atoms with E-state index in [2.05, 4.69) is 13.8 Å². The number of hydrogen-bond donors (Lipinski definition) is 0. The summed E-state index contributed by atoms with van der Waals surface area (Å²) in [5.41, 5.74) is 0.503. The smallest absolute Gasteiger partial charge is 0.302 e. The highest BCUT2D eigenvalue weighted by atomic mass is 35.5. The van der Waals surface area contributed by atoms with Crippen molar-refractivity contribution < 1.29 is 19.0 Å². The third-order valence-electron chi connectivity index (χ3n) is 10.4. The van der Waals surface area contributed by atoms with E-state index in [-0.39, 0.29) is 17.5 Å². The van der Waals surface area contributed by atoms with E-state index in [0.717, 1.165) is 37.7 Å². The van der Waals surface area contributed by atoms with Crippen molar-refractivity contribution in [3.8, 4) is 0 Å². The lowest BCUT2D eigenvalue weighted by Gasteiger charge is -2.61. The summed E-state index contributed by atoms with van der Waals surface area (Å²) in [7, 11) is 0. The van der Waals surface area contributed by atoms with Crippen molar-refractivity contribution in [3.05, 3.63) is 0 Å². The lowest BCUT2D eigenvalue weighted by molar-refractivity contribution is -0.292. The van der Waals surface area contributed by atoms with Gasteiger partial charge in [-0.3, -0.25) is 4.79 Å². The normalized spacial score (nSPS) is 52.1. The molecule has 5 heteroatoms. The molecule has 0 aromatic rings. The maximum Gasteiger partial charge on any atom is 0.302 e. The highest BCUT2D eigenvalue weighted by Gasteiger charge is 2.71. The van der Waals surface area contributed by atoms with Crippen LogP contribution in [0.2, 0.25) is 0 Å². The number of esters is 1. The third kappa shape index (κ3) is 2.95. The van der Waals surface area contributed by atoms with Crippen molar-refractivity contribution in [3.63, 3.8) is 0 Å². The minimum Gasteiger partial charge on any atom is -0.463 e. The molecule has 0 N–H and O–H groups in total. The van der Waals surface area contributed by atoms with Crippen molar-refractivity contribution >= 4 is 17.6 Å². The Labute approximate surface area is 186 Å². The van der Waals surface area contributed by atoms with E-state index in [1.165, 1.54) is 38.5 Å². The number of halogens is 1. The molecule has 0 spiro atoms. The Bertz CT molecular complexity index is 684. The summed E-state index contributed by atoms with van der Waals surface area (Å²) in [6, 6.07) is 0. The third-order valence-corrected chi connectivity index (χ3v) is 10.5. The van der Waals surface area contributed by atoms with Gasteiger partial charge in [0.05, 0.1) is 13.2 Å². The molecular weight excluding hydrogens is 400 g/mol. The molecule has 4 nitrogen and oxygen atoms in total. The largest absolute Gasteiger partial charge is 0.463 e. The van der Waals surface area contributed by atoms with Gasteiger partial charge in [-0.1, -0.05) is 13.8 Å². The first-order chi connectivity index (χ1) is 14.3. The molecule has 9 atom stereocenters. The minimum atomic E-state index is -0.401. The van der Waals surface area contributed by atoms with E-state index in [1.807, 2.05) is 0 Å². The van der Waals surface area contributed by atoms with Crippen LogP contribution in [-0.4, -0.2) is 37.0 Å². The van der Waals surface area contributed by atoms with Crippen LogP contribution in [0.1, 0.15) is 78.6 Å². The first kappa shape index (κ1) is 21.5. The van der Waals surface area contributed by atoms with Crippen molar-refractivity contribution in [2.24, 2.45) is 40.4 Å². The van der Waals surface area contributed by atoms with E-state index in [9.17, 15) is 4.79 Å². The van der Waals surface area contributed by atoms with Gasteiger partial charge in [0.25, 0.3) is 0 Å². The van der Waals surface area contributed by atoms with Crippen LogP contribution >= 0.6 is 11.6 Å². The molecule has 5 aliphatic rings. The van der Waals surface area contributed by atoms with Crippen LogP contribution in [0.25, 0.3) is 0 Å². The molecule has 1 heterocycles. The predicted octanol–water partition coefficient (Wildman–Crippen LogP) is 5.56. The molecule has 4 aliphatic carbocycles. The van der Waals surface area contributed by atoms with Gasteiger partial charge in [-0.15, -0.1) is 11.6 Å². The number of carbonyl (C=O) groups is 1. The van der Waals surface area contributed by atoms with E-state index in [1.54, 1.807) is 6.92 Å². The number of fused-ring (bicyclic) bond motifs is 7. The Morgan fingerprint density at radius 3 is 2.63 bits per heavy atom. The van der Waals surface area contributed by atoms with Crippen LogP contribution < -0.4 is 0 Å². The van der Waals surface area contributed by atoms with Gasteiger partial charge in [0.2, 0.25) is 0 Å². The highest BCUT2D eigenvalue weighted by molar-refractivity contribution is 6.17. The van der Waals surface area contributed by atoms with Crippen molar-refractivity contribution in [1.82, 2.24) is 0 Å². The maximum atomic E-state index is 11.5. The molecule has 0 bridgehead atoms. The molecule has 0 aromatic carbocycles. The number of alkyl halides is 1. The Balaban J connectivity index is 1.38. The van der Waals surface area contributed by atoms with Gasteiger partial charge < -0.3 is 14.2 Å². The molecule has 0 amide bonds. The molecule has 5 rings (SSSR count). The maximum absolute atomic E-state index is 11.5. The van der Waals surface area contributed by atoms with Gasteiger partial charge >= 0.3 is 5.97 Å². The van der Waals surface area contributed by atoms with Gasteiger partial charge in [-0.2, -0.15) is 0 Å². The van der Waals surface area contributed by atoms with E-state index in [0.29, 0.717) is 35.7 Å². The van der Waals surface area contributed by atoms with E-state index < -0.39 is 5.79 Å². The Kier molecular flexibility index (Phi) is 5.47. The number of ether oxygens (including phenoxy) is 3. The van der Waals surface area contributed by atoms with Gasteiger partial charge in [0.15, 0.2) is 5.79 Å². The molecule has 1 aliphatic heterocycles. The van der Waals surface area contributed by atoms with Crippen LogP contribution in [0.5, 0.6) is 0 Å². The summed E-state index contributed by atoms with van der Waals surface area (Å²) in [5.74, 6) is 3.50. The van der Waals surface area contributed by atoms with Gasteiger partial charge in [-0.25, -0.2) is 0 Å². The van der Waals surface area contributed by atoms with E-state index >= 15 is 0 Å². The summed E-state index contributed by atoms with van der Waals surface area (Å²) >= 11 is 6.02. The SMILES string of the molecule is CC(=O)OC1CC[C@@]2(C)C(CC[C@@H]3[C@@H]2CC[C@@]2(C)[C@H]3C[C@H]3CCO[C@]32OCCCl)C1. The van der Waals surface area contributed by atoms with Gasteiger partial charge in [-0.05, 0) is 86.9 Å². The van der Waals surface area contributed by atoms with Crippen LogP contribution in [0.4, 0.5) is 0 Å². The lowest BCUT2D eigenvalue weighted by atomic mass is 9.45. The lowest BCUT2D eigenvalue weighted by Crippen LogP contribution is -2.58. The second-order valence-electron chi connectivity index (χ2n) is 11.4. The summed E-state index contributed by atoms with van der Waals surface area (Å²) in [4.78, 5) is 11.5. The molecule has 170 valence electrons. The molecule has 4 saturated carbocycles. The molecule has 5 fully saturated rings. The standard InChI is InChI=1S/C25H39ClO4/c1-16(27)30-19-6-9-23(2)17(14-19)4-5-20-21(23)7-10-24(3)22(20)15-18-8-12-28-25(18,24)29-13-11-26/h17-22H,4-15H2,1-3H3/t17?,18-,19?,20-,21+,22+,23+,24+,25+/m1/s1. The highest BCUT2D eigenvalue weighted by Crippen LogP contribution is 2.71. The zero-order chi connectivity index (χ0) is 21.1. The molecule has 0 radical (unpaired) electrons. The number of hydrogen-bond acceptors (Lipinski definition) is 4. The van der Waals surface area contributed by atoms with Crippen LogP contribution in [0.3, 0.4) is 0 Å². The zero-order valence-electron chi connectivity index (χ0n) is 19.0. The van der Waals surface area contributed by atoms with E-state index in [4.69, 9.17) is 25.8 Å². The second-order valence-corrected chi connectivity index (χ2v) is 11.8. The Morgan fingerprint density at radius 2 is 1.87 bits per heavy atom. The fourth-order valence-corrected chi connectivity index (χ4v) is 9.21. The molecule has 1 saturated heterocycles. The topological polar surface area (TPSA) is 44.8 Å². The summed E-state index contributed by atoms with van der Waals surface area (Å²) < 4.78 is 18.6. The monoisotopic (exact) mass is 438 g/mol. The van der Waals surface area contributed by atoms with Crippen LogP contribution in [0.15, 0.2) is 0 Å². The second kappa shape index (κ2) is 7.63. The number of carbonyl (C=O) groups excluding carboxylic acids is 1. The first-order valence-electron chi connectivity index (χ1n) is 12.3. The quantitative estimate of drug-likeness (QED) is 0.425. The van der Waals surface area contributed by atoms with Gasteiger partial charge in [0, 0.05) is 24.1 Å². The molecule has 30 heavy (non-hydrogen) atoms. The van der Waals surface area contributed by atoms with Crippen molar-refractivity contribution in [2.75, 3.05) is 19.1 Å².